The molecule has 2 fully saturated rings. The van der Waals surface area contributed by atoms with Crippen molar-refractivity contribution >= 4 is 11.4 Å². The Morgan fingerprint density at radius 3 is 2.50 bits per heavy atom. The van der Waals surface area contributed by atoms with Crippen LogP contribution in [0.5, 0.6) is 0 Å². The predicted molar refractivity (Wildman–Crippen MR) is 66.1 cm³/mol. The summed E-state index contributed by atoms with van der Waals surface area (Å²) in [6.45, 7) is 1.82. The summed E-state index contributed by atoms with van der Waals surface area (Å²) < 4.78 is 13.4. The van der Waals surface area contributed by atoms with Gasteiger partial charge in [0.05, 0.1) is 11.0 Å². The SMILES string of the molecule is O=[N+]([O-])c1cc(F)cc(N2CC3CCCC3C2)c1. The van der Waals surface area contributed by atoms with Gasteiger partial charge in [-0.3, -0.25) is 10.1 Å². The van der Waals surface area contributed by atoms with Gasteiger partial charge in [0.2, 0.25) is 0 Å². The normalized spacial score (nSPS) is 26.4. The Kier molecular flexibility index (Phi) is 2.69. The summed E-state index contributed by atoms with van der Waals surface area (Å²) in [6.07, 6.45) is 3.75. The summed E-state index contributed by atoms with van der Waals surface area (Å²) in [5.74, 6) is 0.843. The minimum Gasteiger partial charge on any atom is -0.371 e. The number of hydrogen-bond donors (Lipinski definition) is 0. The molecule has 1 aromatic rings. The van der Waals surface area contributed by atoms with E-state index in [-0.39, 0.29) is 5.69 Å². The van der Waals surface area contributed by atoms with Crippen molar-refractivity contribution in [3.05, 3.63) is 34.1 Å². The van der Waals surface area contributed by atoms with Crippen molar-refractivity contribution in [2.75, 3.05) is 18.0 Å². The maximum atomic E-state index is 13.4. The van der Waals surface area contributed by atoms with Gasteiger partial charge in [-0.15, -0.1) is 0 Å². The number of nitrogens with zero attached hydrogens (tertiary/aromatic N) is 2. The Bertz CT molecular complexity index is 480. The fourth-order valence-electron chi connectivity index (χ4n) is 3.29. The zero-order valence-electron chi connectivity index (χ0n) is 10.0. The number of benzene rings is 1. The topological polar surface area (TPSA) is 46.4 Å². The van der Waals surface area contributed by atoms with Crippen LogP contribution in [0, 0.1) is 27.8 Å². The second-order valence-corrected chi connectivity index (χ2v) is 5.28. The van der Waals surface area contributed by atoms with Crippen LogP contribution in [-0.2, 0) is 0 Å². The van der Waals surface area contributed by atoms with Crippen molar-refractivity contribution in [2.24, 2.45) is 11.8 Å². The molecule has 0 spiro atoms. The molecule has 1 saturated heterocycles. The van der Waals surface area contributed by atoms with Crippen LogP contribution in [-0.4, -0.2) is 18.0 Å². The van der Waals surface area contributed by atoms with Crippen LogP contribution in [0.4, 0.5) is 15.8 Å². The average Bonchev–Trinajstić information content (AvgIpc) is 2.87. The van der Waals surface area contributed by atoms with E-state index in [1.807, 2.05) is 0 Å². The predicted octanol–water partition coefficient (Wildman–Crippen LogP) is 2.97. The Labute approximate surface area is 105 Å². The Balaban J connectivity index is 1.86. The molecule has 0 bridgehead atoms. The highest BCUT2D eigenvalue weighted by Crippen LogP contribution is 2.40. The van der Waals surface area contributed by atoms with Gasteiger partial charge in [0.15, 0.2) is 0 Å². The molecular formula is C13H15FN2O2. The van der Waals surface area contributed by atoms with Gasteiger partial charge >= 0.3 is 0 Å². The van der Waals surface area contributed by atoms with Crippen molar-refractivity contribution in [3.63, 3.8) is 0 Å². The van der Waals surface area contributed by atoms with E-state index < -0.39 is 10.7 Å². The van der Waals surface area contributed by atoms with E-state index in [9.17, 15) is 14.5 Å². The van der Waals surface area contributed by atoms with Gasteiger partial charge in [0.25, 0.3) is 5.69 Å². The van der Waals surface area contributed by atoms with E-state index >= 15 is 0 Å². The molecule has 2 unspecified atom stereocenters. The number of rotatable bonds is 2. The fourth-order valence-corrected chi connectivity index (χ4v) is 3.29. The third-order valence-corrected chi connectivity index (χ3v) is 4.17. The third-order valence-electron chi connectivity index (χ3n) is 4.17. The van der Waals surface area contributed by atoms with Crippen molar-refractivity contribution in [1.82, 2.24) is 0 Å². The lowest BCUT2D eigenvalue weighted by Crippen LogP contribution is -2.20. The van der Waals surface area contributed by atoms with Crippen LogP contribution >= 0.6 is 0 Å². The highest BCUT2D eigenvalue weighted by molar-refractivity contribution is 5.54. The largest absolute Gasteiger partial charge is 0.371 e. The highest BCUT2D eigenvalue weighted by Gasteiger charge is 2.36. The molecule has 4 nitrogen and oxygen atoms in total. The molecule has 2 aliphatic rings. The molecule has 0 amide bonds. The van der Waals surface area contributed by atoms with Crippen molar-refractivity contribution < 1.29 is 9.31 Å². The van der Waals surface area contributed by atoms with E-state index in [1.165, 1.54) is 31.4 Å². The molecule has 3 rings (SSSR count). The lowest BCUT2D eigenvalue weighted by atomic mass is 10.0. The molecule has 18 heavy (non-hydrogen) atoms. The standard InChI is InChI=1S/C13H15FN2O2/c14-11-4-12(6-13(5-11)16(17)18)15-7-9-2-1-3-10(9)8-15/h4-6,9-10H,1-3,7-8H2. The fraction of sp³-hybridized carbons (Fsp3) is 0.538. The van der Waals surface area contributed by atoms with E-state index in [0.717, 1.165) is 19.2 Å². The Hall–Kier alpha value is -1.65. The van der Waals surface area contributed by atoms with Gasteiger partial charge in [-0.25, -0.2) is 4.39 Å². The molecule has 1 saturated carbocycles. The first-order valence-electron chi connectivity index (χ1n) is 6.33. The number of nitro groups is 1. The first kappa shape index (κ1) is 11.4. The zero-order chi connectivity index (χ0) is 12.7. The molecule has 1 aliphatic carbocycles. The summed E-state index contributed by atoms with van der Waals surface area (Å²) in [5, 5.41) is 10.7. The zero-order valence-corrected chi connectivity index (χ0v) is 10.0. The second kappa shape index (κ2) is 4.23. The summed E-state index contributed by atoms with van der Waals surface area (Å²) in [7, 11) is 0. The molecule has 0 aromatic heterocycles. The molecule has 96 valence electrons. The van der Waals surface area contributed by atoms with Crippen LogP contribution in [0.1, 0.15) is 19.3 Å². The quantitative estimate of drug-likeness (QED) is 0.598. The van der Waals surface area contributed by atoms with Crippen LogP contribution in [0.2, 0.25) is 0 Å². The van der Waals surface area contributed by atoms with Gasteiger partial charge in [0.1, 0.15) is 5.82 Å². The Morgan fingerprint density at radius 1 is 1.22 bits per heavy atom. The molecule has 5 heteroatoms. The van der Waals surface area contributed by atoms with Crippen LogP contribution in [0.3, 0.4) is 0 Å². The van der Waals surface area contributed by atoms with Gasteiger partial charge in [-0.2, -0.15) is 0 Å². The van der Waals surface area contributed by atoms with Crippen molar-refractivity contribution in [3.8, 4) is 0 Å². The lowest BCUT2D eigenvalue weighted by molar-refractivity contribution is -0.385. The summed E-state index contributed by atoms with van der Waals surface area (Å²) in [5.41, 5.74) is 0.484. The summed E-state index contributed by atoms with van der Waals surface area (Å²) >= 11 is 0. The van der Waals surface area contributed by atoms with E-state index in [2.05, 4.69) is 4.90 Å². The third kappa shape index (κ3) is 1.94. The average molecular weight is 250 g/mol. The monoisotopic (exact) mass is 250 g/mol. The first-order valence-corrected chi connectivity index (χ1v) is 6.33. The highest BCUT2D eigenvalue weighted by atomic mass is 19.1. The van der Waals surface area contributed by atoms with Crippen molar-refractivity contribution in [1.29, 1.82) is 0 Å². The first-order chi connectivity index (χ1) is 8.63. The van der Waals surface area contributed by atoms with Crippen LogP contribution < -0.4 is 4.90 Å². The van der Waals surface area contributed by atoms with E-state index in [0.29, 0.717) is 17.5 Å². The van der Waals surface area contributed by atoms with Crippen LogP contribution in [0.25, 0.3) is 0 Å². The molecule has 2 atom stereocenters. The number of anilines is 1. The van der Waals surface area contributed by atoms with Gasteiger partial charge in [0, 0.05) is 24.8 Å². The molecular weight excluding hydrogens is 235 g/mol. The molecule has 1 aliphatic heterocycles. The molecule has 1 aromatic carbocycles. The van der Waals surface area contributed by atoms with Crippen molar-refractivity contribution in [2.45, 2.75) is 19.3 Å². The van der Waals surface area contributed by atoms with Gasteiger partial charge in [-0.1, -0.05) is 6.42 Å². The maximum absolute atomic E-state index is 13.4. The smallest absolute Gasteiger partial charge is 0.274 e. The van der Waals surface area contributed by atoms with E-state index in [1.54, 1.807) is 0 Å². The van der Waals surface area contributed by atoms with Gasteiger partial charge < -0.3 is 4.90 Å². The molecule has 1 heterocycles. The number of fused-ring (bicyclic) bond motifs is 1. The molecule has 0 N–H and O–H groups in total. The minimum absolute atomic E-state index is 0.165. The second-order valence-electron chi connectivity index (χ2n) is 5.28. The van der Waals surface area contributed by atoms with Crippen LogP contribution in [0.15, 0.2) is 18.2 Å². The van der Waals surface area contributed by atoms with E-state index in [4.69, 9.17) is 0 Å². The number of hydrogen-bond acceptors (Lipinski definition) is 3. The minimum atomic E-state index is -0.538. The maximum Gasteiger partial charge on any atom is 0.274 e. The van der Waals surface area contributed by atoms with Gasteiger partial charge in [-0.05, 0) is 30.7 Å². The number of nitro benzene ring substituents is 1. The summed E-state index contributed by atoms with van der Waals surface area (Å²) in [4.78, 5) is 12.3. The molecule has 0 radical (unpaired) electrons. The Morgan fingerprint density at radius 2 is 1.89 bits per heavy atom. The lowest BCUT2D eigenvalue weighted by Gasteiger charge is -2.19. The number of non-ortho nitro benzene ring substituents is 1. The number of halogens is 1. The summed E-state index contributed by atoms with van der Waals surface area (Å²) in [6, 6.07) is 3.85.